The molecule has 10 nitrogen and oxygen atoms in total. The van der Waals surface area contributed by atoms with Crippen LogP contribution in [0.1, 0.15) is 31.9 Å². The number of amides is 5. The summed E-state index contributed by atoms with van der Waals surface area (Å²) in [4.78, 5) is 62.4. The van der Waals surface area contributed by atoms with Crippen molar-refractivity contribution in [3.05, 3.63) is 59.7 Å². The van der Waals surface area contributed by atoms with Crippen molar-refractivity contribution >= 4 is 29.5 Å². The number of hydrogen-bond donors (Lipinski definition) is 5. The van der Waals surface area contributed by atoms with Gasteiger partial charge in [-0.1, -0.05) is 48.5 Å². The number of fused-ring (bicyclic) bond motifs is 4. The second-order valence-corrected chi connectivity index (χ2v) is 8.94. The van der Waals surface area contributed by atoms with Crippen molar-refractivity contribution in [3.63, 3.8) is 0 Å². The van der Waals surface area contributed by atoms with Gasteiger partial charge in [0.1, 0.15) is 24.2 Å². The molecule has 0 aliphatic carbocycles. The number of carbonyl (C=O) groups is 5. The number of hydrogen-bond acceptors (Lipinski definition) is 5. The highest BCUT2D eigenvalue weighted by molar-refractivity contribution is 5.95. The summed E-state index contributed by atoms with van der Waals surface area (Å²) < 4.78 is 0. The van der Waals surface area contributed by atoms with Gasteiger partial charge in [0.05, 0.1) is 0 Å². The van der Waals surface area contributed by atoms with Crippen molar-refractivity contribution in [2.75, 3.05) is 0 Å². The summed E-state index contributed by atoms with van der Waals surface area (Å²) in [7, 11) is 0. The van der Waals surface area contributed by atoms with Gasteiger partial charge in [-0.15, -0.1) is 0 Å². The van der Waals surface area contributed by atoms with Gasteiger partial charge in [-0.05, 0) is 36.1 Å². The quantitative estimate of drug-likeness (QED) is 0.396. The maximum Gasteiger partial charge on any atom is 0.243 e. The van der Waals surface area contributed by atoms with Crippen LogP contribution >= 0.6 is 0 Å². The molecule has 2 bridgehead atoms. The van der Waals surface area contributed by atoms with Crippen LogP contribution in [0.5, 0.6) is 0 Å². The summed E-state index contributed by atoms with van der Waals surface area (Å²) in [6, 6.07) is 11.0. The SMILES string of the molecule is CC(=O)NC1Cc2ccccc2-c2cccc(c2)C[C@@H](C(N)=O)NC(=O)[C@H](C)NC(=O)[C@H](C)NC1=O. The fourth-order valence-corrected chi connectivity index (χ4v) is 4.06. The zero-order chi connectivity index (χ0) is 26.4. The monoisotopic (exact) mass is 493 g/mol. The molecule has 1 aliphatic heterocycles. The molecule has 0 radical (unpaired) electrons. The third-order valence-corrected chi connectivity index (χ3v) is 5.98. The van der Waals surface area contributed by atoms with Crippen LogP contribution in [0.15, 0.2) is 48.5 Å². The van der Waals surface area contributed by atoms with Crippen molar-refractivity contribution in [2.45, 2.75) is 57.8 Å². The molecule has 3 rings (SSSR count). The number of nitrogens with one attached hydrogen (secondary N) is 4. The molecule has 4 atom stereocenters. The number of primary amides is 1. The summed E-state index contributed by atoms with van der Waals surface area (Å²) in [6.07, 6.45) is 0.337. The normalized spacial score (nSPS) is 23.2. The molecule has 10 heteroatoms. The number of carbonyl (C=O) groups excluding carboxylic acids is 5. The maximum absolute atomic E-state index is 13.1. The Morgan fingerprint density at radius 3 is 2.17 bits per heavy atom. The topological polar surface area (TPSA) is 159 Å². The molecule has 1 heterocycles. The van der Waals surface area contributed by atoms with Crippen molar-refractivity contribution in [1.82, 2.24) is 21.3 Å². The second-order valence-electron chi connectivity index (χ2n) is 8.94. The average molecular weight is 494 g/mol. The summed E-state index contributed by atoms with van der Waals surface area (Å²) >= 11 is 0. The Kier molecular flexibility index (Phi) is 8.42. The number of rotatable bonds is 2. The van der Waals surface area contributed by atoms with Gasteiger partial charge in [-0.3, -0.25) is 24.0 Å². The van der Waals surface area contributed by atoms with Gasteiger partial charge in [0.15, 0.2) is 0 Å². The van der Waals surface area contributed by atoms with E-state index < -0.39 is 47.8 Å². The Morgan fingerprint density at radius 1 is 0.861 bits per heavy atom. The van der Waals surface area contributed by atoms with Gasteiger partial charge < -0.3 is 27.0 Å². The molecule has 6 N–H and O–H groups in total. The standard InChI is InChI=1S/C26H31N5O5/c1-14-24(34)28-15(2)25(35)31-21(23(27)33)12-17-7-6-9-18(11-17)20-10-5-4-8-19(20)13-22(26(36)29-14)30-16(3)32/h4-11,14-15,21-22H,12-13H2,1-3H3,(H2,27,33)(H,28,34)(H,29,36)(H,30,32)(H,31,35)/t14-,15-,21-,22?/m0/s1. The van der Waals surface area contributed by atoms with Crippen molar-refractivity contribution in [1.29, 1.82) is 0 Å². The summed E-state index contributed by atoms with van der Waals surface area (Å²) in [5, 5.41) is 10.4. The van der Waals surface area contributed by atoms with Gasteiger partial charge in [0, 0.05) is 19.8 Å². The second kappa shape index (κ2) is 11.5. The van der Waals surface area contributed by atoms with Crippen LogP contribution in [0, 0.1) is 0 Å². The highest BCUT2D eigenvalue weighted by Crippen LogP contribution is 2.26. The predicted octanol–water partition coefficient (Wildman–Crippen LogP) is -0.0636. The lowest BCUT2D eigenvalue weighted by molar-refractivity contribution is -0.133. The minimum absolute atomic E-state index is 0.155. The van der Waals surface area contributed by atoms with Gasteiger partial charge in [-0.2, -0.15) is 0 Å². The molecule has 0 aromatic heterocycles. The molecule has 2 aromatic rings. The number of nitrogens with two attached hydrogens (primary N) is 1. The first-order chi connectivity index (χ1) is 17.0. The molecule has 36 heavy (non-hydrogen) atoms. The lowest BCUT2D eigenvalue weighted by Crippen LogP contribution is -2.57. The molecular formula is C26H31N5O5. The first-order valence-corrected chi connectivity index (χ1v) is 11.7. The van der Waals surface area contributed by atoms with Crippen LogP contribution < -0.4 is 27.0 Å². The molecule has 1 aliphatic rings. The molecule has 2 aromatic carbocycles. The van der Waals surface area contributed by atoms with Crippen molar-refractivity contribution in [3.8, 4) is 11.1 Å². The van der Waals surface area contributed by atoms with E-state index in [0.29, 0.717) is 0 Å². The summed E-state index contributed by atoms with van der Waals surface area (Å²) in [5.41, 5.74) is 8.79. The zero-order valence-electron chi connectivity index (χ0n) is 20.5. The molecule has 0 saturated heterocycles. The first kappa shape index (κ1) is 26.4. The van der Waals surface area contributed by atoms with E-state index in [-0.39, 0.29) is 18.7 Å². The third kappa shape index (κ3) is 6.68. The van der Waals surface area contributed by atoms with E-state index in [1.807, 2.05) is 48.5 Å². The lowest BCUT2D eigenvalue weighted by atomic mass is 9.92. The number of benzene rings is 2. The Bertz CT molecular complexity index is 1180. The van der Waals surface area contributed by atoms with E-state index in [2.05, 4.69) is 21.3 Å². The first-order valence-electron chi connectivity index (χ1n) is 11.7. The van der Waals surface area contributed by atoms with E-state index in [1.165, 1.54) is 20.8 Å². The molecule has 0 fully saturated rings. The van der Waals surface area contributed by atoms with Crippen LogP contribution in [0.4, 0.5) is 0 Å². The Labute approximate surface area is 209 Å². The highest BCUT2D eigenvalue weighted by atomic mass is 16.2. The van der Waals surface area contributed by atoms with E-state index in [4.69, 9.17) is 5.73 Å². The molecule has 190 valence electrons. The average Bonchev–Trinajstić information content (AvgIpc) is 2.82. The fraction of sp³-hybridized carbons (Fsp3) is 0.346. The van der Waals surface area contributed by atoms with E-state index in [0.717, 1.165) is 22.3 Å². The van der Waals surface area contributed by atoms with Crippen LogP contribution in [-0.2, 0) is 36.8 Å². The Balaban J connectivity index is 2.07. The van der Waals surface area contributed by atoms with Gasteiger partial charge in [0.2, 0.25) is 29.5 Å². The van der Waals surface area contributed by atoms with Crippen LogP contribution in [0.3, 0.4) is 0 Å². The predicted molar refractivity (Wildman–Crippen MR) is 133 cm³/mol. The molecule has 5 amide bonds. The van der Waals surface area contributed by atoms with Crippen LogP contribution in [-0.4, -0.2) is 53.7 Å². The van der Waals surface area contributed by atoms with Crippen molar-refractivity contribution in [2.24, 2.45) is 5.73 Å². The summed E-state index contributed by atoms with van der Waals surface area (Å²) in [6.45, 7) is 4.25. The molecular weight excluding hydrogens is 462 g/mol. The highest BCUT2D eigenvalue weighted by Gasteiger charge is 2.28. The lowest BCUT2D eigenvalue weighted by Gasteiger charge is -2.23. The minimum Gasteiger partial charge on any atom is -0.368 e. The maximum atomic E-state index is 13.1. The fourth-order valence-electron chi connectivity index (χ4n) is 4.06. The van der Waals surface area contributed by atoms with E-state index in [9.17, 15) is 24.0 Å². The van der Waals surface area contributed by atoms with Gasteiger partial charge in [-0.25, -0.2) is 0 Å². The van der Waals surface area contributed by atoms with Crippen LogP contribution in [0.25, 0.3) is 11.1 Å². The third-order valence-electron chi connectivity index (χ3n) is 5.98. The molecule has 1 unspecified atom stereocenters. The Hall–Kier alpha value is -4.21. The minimum atomic E-state index is -0.990. The van der Waals surface area contributed by atoms with E-state index >= 15 is 0 Å². The smallest absolute Gasteiger partial charge is 0.243 e. The Morgan fingerprint density at radius 2 is 1.50 bits per heavy atom. The molecule has 0 saturated carbocycles. The summed E-state index contributed by atoms with van der Waals surface area (Å²) in [5.74, 6) is -2.82. The van der Waals surface area contributed by atoms with Gasteiger partial charge >= 0.3 is 0 Å². The largest absolute Gasteiger partial charge is 0.368 e. The molecule has 0 spiro atoms. The van der Waals surface area contributed by atoms with Crippen LogP contribution in [0.2, 0.25) is 0 Å². The van der Waals surface area contributed by atoms with E-state index in [1.54, 1.807) is 0 Å². The zero-order valence-corrected chi connectivity index (χ0v) is 20.5. The van der Waals surface area contributed by atoms with Gasteiger partial charge in [0.25, 0.3) is 0 Å². The van der Waals surface area contributed by atoms with Crippen molar-refractivity contribution < 1.29 is 24.0 Å².